The topological polar surface area (TPSA) is 20.2 Å². The summed E-state index contributed by atoms with van der Waals surface area (Å²) in [6.07, 6.45) is 0. The van der Waals surface area contributed by atoms with Crippen molar-refractivity contribution < 1.29 is 5.11 Å². The van der Waals surface area contributed by atoms with Crippen LogP contribution in [-0.4, -0.2) is 5.11 Å². The Morgan fingerprint density at radius 1 is 0.778 bits per heavy atom. The van der Waals surface area contributed by atoms with Gasteiger partial charge in [-0.25, -0.2) is 0 Å². The third kappa shape index (κ3) is 1.11. The highest BCUT2D eigenvalue weighted by atomic mass is 16.3. The van der Waals surface area contributed by atoms with Crippen molar-refractivity contribution in [3.8, 4) is 28.0 Å². The van der Waals surface area contributed by atoms with Crippen LogP contribution in [0.1, 0.15) is 5.56 Å². The number of hydrogen-bond donors (Lipinski definition) is 1. The second kappa shape index (κ2) is 3.14. The van der Waals surface area contributed by atoms with Gasteiger partial charge in [0.05, 0.1) is 0 Å². The van der Waals surface area contributed by atoms with E-state index in [0.29, 0.717) is 5.75 Å². The van der Waals surface area contributed by atoms with Crippen LogP contribution in [0.3, 0.4) is 0 Å². The normalized spacial score (nSPS) is 11.8. The second-order valence-corrected chi connectivity index (χ2v) is 4.95. The van der Waals surface area contributed by atoms with Crippen LogP contribution in [0.2, 0.25) is 0 Å². The molecule has 3 aromatic rings. The molecule has 4 rings (SSSR count). The van der Waals surface area contributed by atoms with Crippen molar-refractivity contribution >= 4 is 10.8 Å². The van der Waals surface area contributed by atoms with Gasteiger partial charge in [-0.05, 0) is 57.6 Å². The first-order chi connectivity index (χ1) is 8.74. The number of phenolic OH excluding ortho intramolecular Hbond substituents is 1. The fourth-order valence-electron chi connectivity index (χ4n) is 3.00. The maximum atomic E-state index is 9.70. The molecule has 0 spiro atoms. The molecule has 1 aliphatic rings. The summed E-state index contributed by atoms with van der Waals surface area (Å²) in [5, 5.41) is 12.3. The molecule has 0 saturated carbocycles. The Hall–Kier alpha value is -2.28. The number of benzene rings is 3. The largest absolute Gasteiger partial charge is 0.508 e. The third-order valence-electron chi connectivity index (χ3n) is 3.70. The lowest BCUT2D eigenvalue weighted by atomic mass is 10.0. The van der Waals surface area contributed by atoms with E-state index in [0.717, 1.165) is 5.56 Å². The van der Waals surface area contributed by atoms with Crippen LogP contribution in [0.4, 0.5) is 0 Å². The minimum atomic E-state index is 0.330. The SMILES string of the molecule is Cc1cc2c3c(cccc3c1)-c1ccc(O)cc1-2. The Morgan fingerprint density at radius 3 is 2.56 bits per heavy atom. The van der Waals surface area contributed by atoms with E-state index in [1.807, 2.05) is 12.1 Å². The first-order valence-electron chi connectivity index (χ1n) is 6.11. The number of aryl methyl sites for hydroxylation is 1. The number of phenols is 1. The highest BCUT2D eigenvalue weighted by molar-refractivity contribution is 6.15. The van der Waals surface area contributed by atoms with Crippen molar-refractivity contribution in [2.24, 2.45) is 0 Å². The molecule has 18 heavy (non-hydrogen) atoms. The lowest BCUT2D eigenvalue weighted by molar-refractivity contribution is 0.475. The van der Waals surface area contributed by atoms with Crippen molar-refractivity contribution in [2.75, 3.05) is 0 Å². The van der Waals surface area contributed by atoms with Gasteiger partial charge < -0.3 is 5.11 Å². The molecule has 86 valence electrons. The fourth-order valence-corrected chi connectivity index (χ4v) is 3.00. The van der Waals surface area contributed by atoms with E-state index in [2.05, 4.69) is 37.3 Å². The fraction of sp³-hybridized carbons (Fsp3) is 0.0588. The molecular formula is C17H12O. The molecule has 0 aromatic heterocycles. The van der Waals surface area contributed by atoms with Gasteiger partial charge in [-0.2, -0.15) is 0 Å². The van der Waals surface area contributed by atoms with E-state index >= 15 is 0 Å². The number of fused-ring (bicyclic) bond motifs is 3. The van der Waals surface area contributed by atoms with Gasteiger partial charge in [-0.15, -0.1) is 0 Å². The Balaban J connectivity index is 2.25. The number of aromatic hydroxyl groups is 1. The molecule has 0 radical (unpaired) electrons. The van der Waals surface area contributed by atoms with E-state index in [-0.39, 0.29) is 0 Å². The standard InChI is InChI=1S/C17H12O/c1-10-7-11-3-2-4-14-13-6-5-12(18)9-15(13)16(8-10)17(11)14/h2-9,18H,1H3. The lowest BCUT2D eigenvalue weighted by Gasteiger charge is -2.04. The van der Waals surface area contributed by atoms with Gasteiger partial charge >= 0.3 is 0 Å². The predicted octanol–water partition coefficient (Wildman–Crippen LogP) is 4.50. The summed E-state index contributed by atoms with van der Waals surface area (Å²) in [4.78, 5) is 0. The average molecular weight is 232 g/mol. The Bertz CT molecular complexity index is 800. The molecule has 0 saturated heterocycles. The van der Waals surface area contributed by atoms with Crippen LogP contribution < -0.4 is 0 Å². The van der Waals surface area contributed by atoms with Crippen LogP contribution in [0, 0.1) is 6.92 Å². The molecule has 1 heteroatoms. The first kappa shape index (κ1) is 9.72. The Kier molecular flexibility index (Phi) is 1.69. The molecule has 0 amide bonds. The summed E-state index contributed by atoms with van der Waals surface area (Å²) in [6, 6.07) is 16.5. The molecule has 1 N–H and O–H groups in total. The van der Waals surface area contributed by atoms with Gasteiger partial charge in [0.1, 0.15) is 5.75 Å². The van der Waals surface area contributed by atoms with Crippen molar-refractivity contribution in [3.05, 3.63) is 54.1 Å². The highest BCUT2D eigenvalue weighted by Crippen LogP contribution is 2.48. The van der Waals surface area contributed by atoms with Crippen molar-refractivity contribution in [2.45, 2.75) is 6.92 Å². The molecule has 0 heterocycles. The summed E-state index contributed by atoms with van der Waals surface area (Å²) in [6.45, 7) is 2.11. The van der Waals surface area contributed by atoms with Gasteiger partial charge in [0.2, 0.25) is 0 Å². The monoisotopic (exact) mass is 232 g/mol. The zero-order valence-electron chi connectivity index (χ0n) is 10.1. The van der Waals surface area contributed by atoms with E-state index in [9.17, 15) is 5.11 Å². The van der Waals surface area contributed by atoms with E-state index < -0.39 is 0 Å². The lowest BCUT2D eigenvalue weighted by Crippen LogP contribution is -1.78. The molecule has 0 bridgehead atoms. The summed E-state index contributed by atoms with van der Waals surface area (Å²) in [5.41, 5.74) is 6.14. The van der Waals surface area contributed by atoms with Gasteiger partial charge in [-0.3, -0.25) is 0 Å². The minimum absolute atomic E-state index is 0.330. The van der Waals surface area contributed by atoms with Gasteiger partial charge in [-0.1, -0.05) is 36.4 Å². The highest BCUT2D eigenvalue weighted by Gasteiger charge is 2.21. The zero-order valence-corrected chi connectivity index (χ0v) is 10.1. The summed E-state index contributed by atoms with van der Waals surface area (Å²) >= 11 is 0. The number of hydrogen-bond acceptors (Lipinski definition) is 1. The minimum Gasteiger partial charge on any atom is -0.508 e. The average Bonchev–Trinajstić information content (AvgIpc) is 2.65. The molecule has 0 atom stereocenters. The molecule has 0 aliphatic heterocycles. The summed E-state index contributed by atoms with van der Waals surface area (Å²) in [5.74, 6) is 0.330. The van der Waals surface area contributed by atoms with Gasteiger partial charge in [0.25, 0.3) is 0 Å². The van der Waals surface area contributed by atoms with E-state index in [4.69, 9.17) is 0 Å². The quantitative estimate of drug-likeness (QED) is 0.473. The van der Waals surface area contributed by atoms with Crippen LogP contribution in [0.5, 0.6) is 5.75 Å². The second-order valence-electron chi connectivity index (χ2n) is 4.95. The Morgan fingerprint density at radius 2 is 1.67 bits per heavy atom. The van der Waals surface area contributed by atoms with Crippen LogP contribution in [0.15, 0.2) is 48.5 Å². The van der Waals surface area contributed by atoms with Crippen molar-refractivity contribution in [1.82, 2.24) is 0 Å². The van der Waals surface area contributed by atoms with E-state index in [1.54, 1.807) is 6.07 Å². The van der Waals surface area contributed by atoms with Crippen LogP contribution >= 0.6 is 0 Å². The predicted molar refractivity (Wildman–Crippen MR) is 74.8 cm³/mol. The Labute approximate surface area is 105 Å². The maximum Gasteiger partial charge on any atom is 0.116 e. The molecule has 0 fully saturated rings. The summed E-state index contributed by atoms with van der Waals surface area (Å²) < 4.78 is 0. The smallest absolute Gasteiger partial charge is 0.116 e. The third-order valence-corrected chi connectivity index (χ3v) is 3.70. The van der Waals surface area contributed by atoms with Crippen molar-refractivity contribution in [1.29, 1.82) is 0 Å². The van der Waals surface area contributed by atoms with Gasteiger partial charge in [0, 0.05) is 0 Å². The van der Waals surface area contributed by atoms with Gasteiger partial charge in [0.15, 0.2) is 0 Å². The van der Waals surface area contributed by atoms with Crippen LogP contribution in [0.25, 0.3) is 33.0 Å². The molecular weight excluding hydrogens is 220 g/mol. The van der Waals surface area contributed by atoms with Crippen molar-refractivity contribution in [3.63, 3.8) is 0 Å². The summed E-state index contributed by atoms with van der Waals surface area (Å²) in [7, 11) is 0. The van der Waals surface area contributed by atoms with E-state index in [1.165, 1.54) is 33.0 Å². The maximum absolute atomic E-state index is 9.70. The molecule has 1 aliphatic carbocycles. The molecule has 0 unspecified atom stereocenters. The zero-order chi connectivity index (χ0) is 12.3. The molecule has 3 aromatic carbocycles. The first-order valence-corrected chi connectivity index (χ1v) is 6.11. The molecule has 1 nitrogen and oxygen atoms in total. The van der Waals surface area contributed by atoms with Crippen LogP contribution in [-0.2, 0) is 0 Å². The number of rotatable bonds is 0.